The molecule has 3 aliphatic rings. The Morgan fingerprint density at radius 2 is 2.00 bits per heavy atom. The molecule has 4 heteroatoms. The van der Waals surface area contributed by atoms with Crippen molar-refractivity contribution in [3.8, 4) is 0 Å². The molecule has 0 amide bonds. The normalized spacial score (nSPS) is 29.2. The maximum absolute atomic E-state index is 4.53. The largest absolute Gasteiger partial charge is 0.202 e. The Hall–Kier alpha value is -1.45. The van der Waals surface area contributed by atoms with E-state index in [0.717, 1.165) is 17.6 Å². The summed E-state index contributed by atoms with van der Waals surface area (Å²) in [6.07, 6.45) is 6.88. The molecule has 0 aliphatic heterocycles. The second kappa shape index (κ2) is 3.77. The zero-order valence-electron chi connectivity index (χ0n) is 11.5. The summed E-state index contributed by atoms with van der Waals surface area (Å²) < 4.78 is 1.80. The van der Waals surface area contributed by atoms with Gasteiger partial charge in [-0.25, -0.2) is 4.68 Å². The number of hydrogen-bond acceptors (Lipinski definition) is 3. The van der Waals surface area contributed by atoms with Crippen molar-refractivity contribution in [2.24, 2.45) is 22.4 Å². The molecule has 0 N–H and O–H groups in total. The predicted molar refractivity (Wildman–Crippen MR) is 71.5 cm³/mol. The predicted octanol–water partition coefficient (Wildman–Crippen LogP) is 2.72. The van der Waals surface area contributed by atoms with Crippen LogP contribution in [0, 0.1) is 31.1 Å². The van der Waals surface area contributed by atoms with Gasteiger partial charge in [0, 0.05) is 0 Å². The number of hydrogen-bond donors (Lipinski definition) is 0. The van der Waals surface area contributed by atoms with Crippen molar-refractivity contribution in [2.75, 3.05) is 0 Å². The van der Waals surface area contributed by atoms with Gasteiger partial charge in [-0.1, -0.05) is 19.9 Å². The molecule has 0 unspecified atom stereocenters. The molecule has 2 atom stereocenters. The average Bonchev–Trinajstić information content (AvgIpc) is 2.66. The van der Waals surface area contributed by atoms with E-state index >= 15 is 0 Å². The SMILES string of the molecule is Cc1nnc(C)n1/N=C\C1=CC[C@H]2C[C@H]1C2(C)C. The number of allylic oxidation sites excluding steroid dienone is 2. The van der Waals surface area contributed by atoms with Crippen LogP contribution in [0.2, 0.25) is 0 Å². The van der Waals surface area contributed by atoms with Gasteiger partial charge in [-0.3, -0.25) is 0 Å². The number of rotatable bonds is 2. The standard InChI is InChI=1S/C14H20N4/c1-9-16-17-10(2)18(9)15-8-11-5-6-12-7-13(11)14(12,3)4/h5,8,12-13H,6-7H2,1-4H3/b15-8-/t12-,13+/m0/s1. The lowest BCUT2D eigenvalue weighted by atomic mass is 9.49. The molecule has 2 bridgehead atoms. The Labute approximate surface area is 108 Å². The molecule has 1 aromatic rings. The minimum absolute atomic E-state index is 0.452. The molecule has 0 aromatic carbocycles. The van der Waals surface area contributed by atoms with E-state index in [4.69, 9.17) is 0 Å². The molecule has 1 heterocycles. The van der Waals surface area contributed by atoms with E-state index in [0.29, 0.717) is 11.3 Å². The van der Waals surface area contributed by atoms with Crippen LogP contribution in [-0.4, -0.2) is 21.1 Å². The number of aryl methyl sites for hydroxylation is 2. The van der Waals surface area contributed by atoms with E-state index in [-0.39, 0.29) is 0 Å². The van der Waals surface area contributed by atoms with E-state index < -0.39 is 0 Å². The molecule has 4 nitrogen and oxygen atoms in total. The Morgan fingerprint density at radius 1 is 1.33 bits per heavy atom. The summed E-state index contributed by atoms with van der Waals surface area (Å²) in [4.78, 5) is 0. The van der Waals surface area contributed by atoms with E-state index in [1.54, 1.807) is 4.68 Å². The van der Waals surface area contributed by atoms with Crippen LogP contribution in [0.1, 0.15) is 38.3 Å². The summed E-state index contributed by atoms with van der Waals surface area (Å²) >= 11 is 0. The Balaban J connectivity index is 1.84. The summed E-state index contributed by atoms with van der Waals surface area (Å²) in [5.41, 5.74) is 1.84. The molecular weight excluding hydrogens is 224 g/mol. The summed E-state index contributed by atoms with van der Waals surface area (Å²) in [5.74, 6) is 3.23. The molecule has 18 heavy (non-hydrogen) atoms. The number of nitrogens with zero attached hydrogens (tertiary/aromatic N) is 4. The maximum Gasteiger partial charge on any atom is 0.151 e. The maximum atomic E-state index is 4.53. The van der Waals surface area contributed by atoms with Crippen LogP contribution in [0.3, 0.4) is 0 Å². The van der Waals surface area contributed by atoms with Crippen molar-refractivity contribution in [1.29, 1.82) is 0 Å². The molecule has 0 radical (unpaired) electrons. The zero-order chi connectivity index (χ0) is 12.9. The molecule has 1 fully saturated rings. The second-order valence-corrected chi connectivity index (χ2v) is 6.10. The first-order chi connectivity index (χ1) is 8.50. The molecule has 4 rings (SSSR count). The van der Waals surface area contributed by atoms with Crippen LogP contribution < -0.4 is 0 Å². The quantitative estimate of drug-likeness (QED) is 0.751. The van der Waals surface area contributed by atoms with Gasteiger partial charge in [0.25, 0.3) is 0 Å². The van der Waals surface area contributed by atoms with Crippen molar-refractivity contribution < 1.29 is 0 Å². The van der Waals surface area contributed by atoms with Crippen LogP contribution in [0.5, 0.6) is 0 Å². The van der Waals surface area contributed by atoms with Gasteiger partial charge in [0.1, 0.15) is 0 Å². The van der Waals surface area contributed by atoms with Crippen molar-refractivity contribution in [3.05, 3.63) is 23.3 Å². The lowest BCUT2D eigenvalue weighted by molar-refractivity contribution is -0.00127. The smallest absolute Gasteiger partial charge is 0.151 e. The van der Waals surface area contributed by atoms with Crippen molar-refractivity contribution in [1.82, 2.24) is 14.9 Å². The fourth-order valence-corrected chi connectivity index (χ4v) is 3.30. The lowest BCUT2D eigenvalue weighted by Gasteiger charge is -2.55. The molecule has 3 aliphatic carbocycles. The van der Waals surface area contributed by atoms with Crippen molar-refractivity contribution >= 4 is 6.21 Å². The molecule has 1 aromatic heterocycles. The van der Waals surface area contributed by atoms with E-state index in [1.165, 1.54) is 18.4 Å². The van der Waals surface area contributed by atoms with E-state index in [1.807, 2.05) is 20.1 Å². The Morgan fingerprint density at radius 3 is 2.56 bits per heavy atom. The fraction of sp³-hybridized carbons (Fsp3) is 0.643. The molecule has 0 saturated heterocycles. The molecular formula is C14H20N4. The highest BCUT2D eigenvalue weighted by Crippen LogP contribution is 2.58. The van der Waals surface area contributed by atoms with E-state index in [2.05, 4.69) is 35.2 Å². The van der Waals surface area contributed by atoms with Gasteiger partial charge < -0.3 is 0 Å². The lowest BCUT2D eigenvalue weighted by Crippen LogP contribution is -2.48. The van der Waals surface area contributed by atoms with Crippen LogP contribution in [0.25, 0.3) is 0 Å². The second-order valence-electron chi connectivity index (χ2n) is 6.10. The van der Waals surface area contributed by atoms with E-state index in [9.17, 15) is 0 Å². The first-order valence-corrected chi connectivity index (χ1v) is 6.63. The van der Waals surface area contributed by atoms with Crippen LogP contribution in [-0.2, 0) is 0 Å². The highest BCUT2D eigenvalue weighted by atomic mass is 15.4. The molecule has 0 spiro atoms. The van der Waals surface area contributed by atoms with Gasteiger partial charge in [-0.05, 0) is 49.5 Å². The van der Waals surface area contributed by atoms with Crippen molar-refractivity contribution in [3.63, 3.8) is 0 Å². The zero-order valence-corrected chi connectivity index (χ0v) is 11.5. The van der Waals surface area contributed by atoms with Crippen LogP contribution in [0.15, 0.2) is 16.8 Å². The van der Waals surface area contributed by atoms with Gasteiger partial charge in [-0.15, -0.1) is 10.2 Å². The van der Waals surface area contributed by atoms with Gasteiger partial charge in [0.05, 0.1) is 6.21 Å². The first kappa shape index (κ1) is 11.6. The van der Waals surface area contributed by atoms with Gasteiger partial charge in [-0.2, -0.15) is 5.10 Å². The summed E-state index contributed by atoms with van der Waals surface area (Å²) in [6, 6.07) is 0. The van der Waals surface area contributed by atoms with Crippen LogP contribution >= 0.6 is 0 Å². The molecule has 1 saturated carbocycles. The highest BCUT2D eigenvalue weighted by Gasteiger charge is 2.50. The average molecular weight is 244 g/mol. The number of fused-ring (bicyclic) bond motifs is 1. The summed E-state index contributed by atoms with van der Waals surface area (Å²) in [6.45, 7) is 8.61. The van der Waals surface area contributed by atoms with Crippen molar-refractivity contribution in [2.45, 2.75) is 40.5 Å². The fourth-order valence-electron chi connectivity index (χ4n) is 3.30. The van der Waals surface area contributed by atoms with Gasteiger partial charge in [0.15, 0.2) is 11.6 Å². The monoisotopic (exact) mass is 244 g/mol. The summed E-state index contributed by atoms with van der Waals surface area (Å²) in [5, 5.41) is 12.6. The third-order valence-corrected chi connectivity index (χ3v) is 4.79. The topological polar surface area (TPSA) is 43.1 Å². The Bertz CT molecular complexity index is 516. The summed E-state index contributed by atoms with van der Waals surface area (Å²) in [7, 11) is 0. The molecule has 96 valence electrons. The Kier molecular flexibility index (Phi) is 2.44. The third kappa shape index (κ3) is 1.55. The van der Waals surface area contributed by atoms with Gasteiger partial charge in [0.2, 0.25) is 0 Å². The minimum Gasteiger partial charge on any atom is -0.202 e. The van der Waals surface area contributed by atoms with Crippen LogP contribution in [0.4, 0.5) is 0 Å². The third-order valence-electron chi connectivity index (χ3n) is 4.79. The first-order valence-electron chi connectivity index (χ1n) is 6.63. The van der Waals surface area contributed by atoms with Gasteiger partial charge >= 0.3 is 0 Å². The minimum atomic E-state index is 0.452. The number of aromatic nitrogens is 3. The highest BCUT2D eigenvalue weighted by molar-refractivity contribution is 5.80.